The molecule has 5 nitrogen and oxygen atoms in total. The molecule has 2 aromatic rings. The van der Waals surface area contributed by atoms with Crippen molar-refractivity contribution in [3.63, 3.8) is 0 Å². The molecular formula is C20H25N2O3PS2. The van der Waals surface area contributed by atoms with Crippen molar-refractivity contribution < 1.29 is 14.1 Å². The number of rotatable bonds is 8. The molecule has 0 aliphatic heterocycles. The standard InChI is InChI=1S/C20H25N2O3PS2/c1-5-15(2)28-26(24,21-3)22(4)19(27)16-11-13-17(14-12-16)20(23)25-18-9-7-6-8-10-18/h6-15H,5H2,1-4H3,(H,21,24). The average Bonchev–Trinajstić information content (AvgIpc) is 2.73. The van der Waals surface area contributed by atoms with E-state index in [1.54, 1.807) is 67.3 Å². The SMILES string of the molecule is CCC(C)SP(=O)(NC)N(C)C(=S)c1ccc(C(=O)Oc2ccccc2)cc1. The Morgan fingerprint density at radius 1 is 1.18 bits per heavy atom. The molecule has 0 saturated heterocycles. The van der Waals surface area contributed by atoms with Crippen molar-refractivity contribution in [1.29, 1.82) is 0 Å². The second-order valence-corrected chi connectivity index (χ2v) is 11.8. The summed E-state index contributed by atoms with van der Waals surface area (Å²) in [7, 11) is 3.41. The molecular weight excluding hydrogens is 411 g/mol. The van der Waals surface area contributed by atoms with Gasteiger partial charge in [-0.2, -0.15) is 0 Å². The summed E-state index contributed by atoms with van der Waals surface area (Å²) < 4.78 is 20.2. The predicted octanol–water partition coefficient (Wildman–Crippen LogP) is 5.37. The molecule has 0 radical (unpaired) electrons. The largest absolute Gasteiger partial charge is 0.423 e. The maximum atomic E-state index is 13.3. The number of carbonyl (C=O) groups excluding carboxylic acids is 1. The zero-order valence-electron chi connectivity index (χ0n) is 16.4. The quantitative estimate of drug-likeness (QED) is 0.258. The highest BCUT2D eigenvalue weighted by Gasteiger charge is 2.31. The lowest BCUT2D eigenvalue weighted by Crippen LogP contribution is -2.27. The van der Waals surface area contributed by atoms with Crippen molar-refractivity contribution >= 4 is 41.2 Å². The summed E-state index contributed by atoms with van der Waals surface area (Å²) in [5.41, 5.74) is 1.14. The minimum atomic E-state index is -2.90. The van der Waals surface area contributed by atoms with Crippen LogP contribution >= 0.6 is 30.2 Å². The molecule has 2 rings (SSSR count). The first-order chi connectivity index (χ1) is 13.3. The van der Waals surface area contributed by atoms with E-state index in [1.807, 2.05) is 13.0 Å². The lowest BCUT2D eigenvalue weighted by molar-refractivity contribution is 0.0735. The second-order valence-electron chi connectivity index (χ2n) is 6.18. The maximum Gasteiger partial charge on any atom is 0.343 e. The zero-order valence-corrected chi connectivity index (χ0v) is 18.9. The summed E-state index contributed by atoms with van der Waals surface area (Å²) in [5, 5.41) is 3.17. The Kier molecular flexibility index (Phi) is 8.25. The Morgan fingerprint density at radius 2 is 1.75 bits per heavy atom. The molecule has 0 amide bonds. The van der Waals surface area contributed by atoms with Gasteiger partial charge in [-0.1, -0.05) is 67.8 Å². The highest BCUT2D eigenvalue weighted by atomic mass is 32.7. The van der Waals surface area contributed by atoms with Gasteiger partial charge in [0.2, 0.25) is 0 Å². The smallest absolute Gasteiger partial charge is 0.343 e. The average molecular weight is 437 g/mol. The summed E-state index contributed by atoms with van der Waals surface area (Å²) in [4.78, 5) is 12.7. The van der Waals surface area contributed by atoms with E-state index >= 15 is 0 Å². The lowest BCUT2D eigenvalue weighted by Gasteiger charge is -2.30. The molecule has 28 heavy (non-hydrogen) atoms. The summed E-state index contributed by atoms with van der Waals surface area (Å²) in [6.07, 6.45) is 0.912. The van der Waals surface area contributed by atoms with Gasteiger partial charge in [-0.3, -0.25) is 9.24 Å². The molecule has 1 N–H and O–H groups in total. The van der Waals surface area contributed by atoms with Crippen LogP contribution in [-0.2, 0) is 4.57 Å². The van der Waals surface area contributed by atoms with Crippen molar-refractivity contribution in [3.8, 4) is 5.75 Å². The van der Waals surface area contributed by atoms with Crippen LogP contribution in [0.25, 0.3) is 0 Å². The van der Waals surface area contributed by atoms with Gasteiger partial charge in [-0.15, -0.1) is 0 Å². The van der Waals surface area contributed by atoms with Crippen LogP contribution in [0.3, 0.4) is 0 Å². The van der Waals surface area contributed by atoms with E-state index in [0.717, 1.165) is 6.42 Å². The fraction of sp³-hybridized carbons (Fsp3) is 0.300. The van der Waals surface area contributed by atoms with Crippen LogP contribution < -0.4 is 9.82 Å². The van der Waals surface area contributed by atoms with Gasteiger partial charge in [0.1, 0.15) is 10.7 Å². The highest BCUT2D eigenvalue weighted by molar-refractivity contribution is 8.57. The highest BCUT2D eigenvalue weighted by Crippen LogP contribution is 2.59. The normalized spacial score (nSPS) is 14.0. The fourth-order valence-corrected chi connectivity index (χ4v) is 7.37. The monoisotopic (exact) mass is 436 g/mol. The topological polar surface area (TPSA) is 58.6 Å². The summed E-state index contributed by atoms with van der Waals surface area (Å²) in [6.45, 7) is 1.20. The van der Waals surface area contributed by atoms with Gasteiger partial charge < -0.3 is 4.74 Å². The van der Waals surface area contributed by atoms with Gasteiger partial charge in [0, 0.05) is 17.9 Å². The minimum absolute atomic E-state index is 0.235. The van der Waals surface area contributed by atoms with Crippen molar-refractivity contribution in [2.75, 3.05) is 14.1 Å². The number of benzene rings is 2. The van der Waals surface area contributed by atoms with Crippen LogP contribution in [0, 0.1) is 0 Å². The van der Waals surface area contributed by atoms with Crippen LogP contribution in [-0.4, -0.2) is 35.0 Å². The van der Waals surface area contributed by atoms with Crippen LogP contribution in [0.15, 0.2) is 54.6 Å². The minimum Gasteiger partial charge on any atom is -0.423 e. The molecule has 2 atom stereocenters. The van der Waals surface area contributed by atoms with Gasteiger partial charge in [0.05, 0.1) is 5.56 Å². The Balaban J connectivity index is 2.12. The first-order valence-corrected chi connectivity index (χ1v) is 12.5. The Bertz CT molecular complexity index is 860. The van der Waals surface area contributed by atoms with Crippen molar-refractivity contribution in [1.82, 2.24) is 9.76 Å². The first kappa shape index (κ1) is 22.6. The van der Waals surface area contributed by atoms with Crippen LogP contribution in [0.5, 0.6) is 5.75 Å². The van der Waals surface area contributed by atoms with E-state index in [2.05, 4.69) is 12.0 Å². The molecule has 2 unspecified atom stereocenters. The number of hydrogen-bond donors (Lipinski definition) is 1. The van der Waals surface area contributed by atoms with E-state index in [0.29, 0.717) is 21.9 Å². The third-order valence-corrected chi connectivity index (χ3v) is 10.6. The Morgan fingerprint density at radius 3 is 2.29 bits per heavy atom. The number of hydrogen-bond acceptors (Lipinski definition) is 5. The summed E-state index contributed by atoms with van der Waals surface area (Å²) in [5.74, 6) is 0.0501. The number of nitrogens with zero attached hydrogens (tertiary/aromatic N) is 1. The maximum absolute atomic E-state index is 13.3. The number of carbonyl (C=O) groups is 1. The second kappa shape index (κ2) is 10.2. The van der Waals surface area contributed by atoms with E-state index in [9.17, 15) is 9.36 Å². The lowest BCUT2D eigenvalue weighted by atomic mass is 10.1. The number of ether oxygens (including phenoxy) is 1. The molecule has 2 aromatic carbocycles. The van der Waals surface area contributed by atoms with E-state index in [4.69, 9.17) is 17.0 Å². The van der Waals surface area contributed by atoms with Gasteiger partial charge >= 0.3 is 5.97 Å². The summed E-state index contributed by atoms with van der Waals surface area (Å²) in [6, 6.07) is 15.7. The molecule has 0 saturated carbocycles. The number of esters is 1. The molecule has 0 aliphatic rings. The number of para-hydroxylation sites is 1. The molecule has 0 spiro atoms. The van der Waals surface area contributed by atoms with Crippen molar-refractivity contribution in [3.05, 3.63) is 65.7 Å². The van der Waals surface area contributed by atoms with Gasteiger partial charge in [0.15, 0.2) is 0 Å². The van der Waals surface area contributed by atoms with E-state index in [-0.39, 0.29) is 5.25 Å². The van der Waals surface area contributed by atoms with Crippen LogP contribution in [0.1, 0.15) is 36.2 Å². The molecule has 0 aromatic heterocycles. The van der Waals surface area contributed by atoms with E-state index in [1.165, 1.54) is 11.4 Å². The Labute approximate surface area is 176 Å². The van der Waals surface area contributed by atoms with Crippen LogP contribution in [0.2, 0.25) is 0 Å². The van der Waals surface area contributed by atoms with Gasteiger partial charge in [0.25, 0.3) is 6.65 Å². The predicted molar refractivity (Wildman–Crippen MR) is 121 cm³/mol. The van der Waals surface area contributed by atoms with Gasteiger partial charge in [-0.05, 0) is 37.7 Å². The molecule has 0 fully saturated rings. The summed E-state index contributed by atoms with van der Waals surface area (Å²) >= 11 is 6.94. The van der Waals surface area contributed by atoms with Gasteiger partial charge in [-0.25, -0.2) is 9.88 Å². The van der Waals surface area contributed by atoms with Crippen LogP contribution in [0.4, 0.5) is 0 Å². The third kappa shape index (κ3) is 5.67. The zero-order chi connectivity index (χ0) is 20.7. The number of nitrogens with one attached hydrogen (secondary N) is 1. The first-order valence-electron chi connectivity index (χ1n) is 8.94. The molecule has 150 valence electrons. The molecule has 0 aliphatic carbocycles. The molecule has 8 heteroatoms. The Hall–Kier alpha value is -1.66. The van der Waals surface area contributed by atoms with Crippen molar-refractivity contribution in [2.24, 2.45) is 0 Å². The molecule has 0 bridgehead atoms. The third-order valence-electron chi connectivity index (χ3n) is 4.19. The van der Waals surface area contributed by atoms with E-state index < -0.39 is 12.6 Å². The number of thiocarbonyl (C=S) groups is 1. The van der Waals surface area contributed by atoms with Crippen molar-refractivity contribution in [2.45, 2.75) is 25.5 Å². The molecule has 0 heterocycles. The fourth-order valence-electron chi connectivity index (χ4n) is 2.30.